The van der Waals surface area contributed by atoms with Gasteiger partial charge in [0.2, 0.25) is 0 Å². The van der Waals surface area contributed by atoms with E-state index in [0.29, 0.717) is 6.61 Å². The van der Waals surface area contributed by atoms with Gasteiger partial charge in [0.25, 0.3) is 0 Å². The first-order valence-corrected chi connectivity index (χ1v) is 7.66. The summed E-state index contributed by atoms with van der Waals surface area (Å²) in [6.07, 6.45) is 1.01. The summed E-state index contributed by atoms with van der Waals surface area (Å²) in [6, 6.07) is 6.05. The summed E-state index contributed by atoms with van der Waals surface area (Å²) in [6.45, 7) is 14.6. The van der Waals surface area contributed by atoms with Crippen LogP contribution in [0.5, 0.6) is 11.5 Å². The Morgan fingerprint density at radius 3 is 2.24 bits per heavy atom. The van der Waals surface area contributed by atoms with Gasteiger partial charge in [-0.15, -0.1) is 0 Å². The molecule has 0 unspecified atom stereocenters. The molecular weight excluding hydrogens is 262 g/mol. The number of methoxy groups -OCH3 is 1. The van der Waals surface area contributed by atoms with Crippen LogP contribution in [0, 0.1) is 5.41 Å². The lowest BCUT2D eigenvalue weighted by molar-refractivity contribution is 0.231. The molecule has 0 aliphatic rings. The standard InChI is InChI=1S/C18H31NO2/c1-17(2,3)11-12-21-16-14(13-19-18(4,5)6)9-8-10-15(16)20-7/h8-10,19H,11-13H2,1-7H3. The van der Waals surface area contributed by atoms with Crippen molar-refractivity contribution in [2.24, 2.45) is 5.41 Å². The van der Waals surface area contributed by atoms with Gasteiger partial charge in [-0.05, 0) is 38.7 Å². The highest BCUT2D eigenvalue weighted by Crippen LogP contribution is 2.32. The zero-order chi connectivity index (χ0) is 16.1. The summed E-state index contributed by atoms with van der Waals surface area (Å²) in [7, 11) is 1.69. The van der Waals surface area contributed by atoms with E-state index < -0.39 is 0 Å². The number of benzene rings is 1. The number of hydrogen-bond donors (Lipinski definition) is 1. The van der Waals surface area contributed by atoms with Crippen molar-refractivity contribution in [3.8, 4) is 11.5 Å². The molecule has 120 valence electrons. The average Bonchev–Trinajstić information content (AvgIpc) is 2.34. The van der Waals surface area contributed by atoms with Gasteiger partial charge in [-0.3, -0.25) is 0 Å². The van der Waals surface area contributed by atoms with Crippen LogP contribution in [-0.2, 0) is 6.54 Å². The van der Waals surface area contributed by atoms with Gasteiger partial charge >= 0.3 is 0 Å². The molecule has 0 fully saturated rings. The third-order valence-corrected chi connectivity index (χ3v) is 3.19. The molecule has 0 atom stereocenters. The Balaban J connectivity index is 2.82. The fourth-order valence-corrected chi connectivity index (χ4v) is 1.84. The van der Waals surface area contributed by atoms with Crippen LogP contribution < -0.4 is 14.8 Å². The highest BCUT2D eigenvalue weighted by atomic mass is 16.5. The Bertz CT molecular complexity index is 442. The summed E-state index contributed by atoms with van der Waals surface area (Å²) >= 11 is 0. The van der Waals surface area contributed by atoms with Crippen LogP contribution in [0.4, 0.5) is 0 Å². The second-order valence-corrected chi connectivity index (χ2v) is 7.71. The molecule has 0 spiro atoms. The SMILES string of the molecule is COc1cccc(CNC(C)(C)C)c1OCCC(C)(C)C. The molecule has 0 aliphatic carbocycles. The predicted octanol–water partition coefficient (Wildman–Crippen LogP) is 4.40. The summed E-state index contributed by atoms with van der Waals surface area (Å²) in [5.41, 5.74) is 1.48. The van der Waals surface area contributed by atoms with E-state index in [1.165, 1.54) is 0 Å². The molecule has 0 bridgehead atoms. The second-order valence-electron chi connectivity index (χ2n) is 7.71. The lowest BCUT2D eigenvalue weighted by Crippen LogP contribution is -2.35. The third kappa shape index (κ3) is 6.85. The number of hydrogen-bond acceptors (Lipinski definition) is 3. The van der Waals surface area contributed by atoms with Gasteiger partial charge in [-0.1, -0.05) is 32.9 Å². The van der Waals surface area contributed by atoms with E-state index in [9.17, 15) is 0 Å². The summed E-state index contributed by atoms with van der Waals surface area (Å²) in [4.78, 5) is 0. The number of ether oxygens (including phenoxy) is 2. The van der Waals surface area contributed by atoms with Gasteiger partial charge in [0, 0.05) is 17.6 Å². The zero-order valence-corrected chi connectivity index (χ0v) is 14.7. The molecule has 0 aromatic heterocycles. The molecule has 1 aromatic rings. The van der Waals surface area contributed by atoms with Crippen molar-refractivity contribution in [1.82, 2.24) is 5.32 Å². The highest BCUT2D eigenvalue weighted by molar-refractivity contribution is 5.46. The minimum atomic E-state index is 0.0752. The molecule has 0 aliphatic heterocycles. The molecular formula is C18H31NO2. The van der Waals surface area contributed by atoms with Crippen molar-refractivity contribution in [1.29, 1.82) is 0 Å². The van der Waals surface area contributed by atoms with Crippen LogP contribution >= 0.6 is 0 Å². The van der Waals surface area contributed by atoms with Gasteiger partial charge in [-0.25, -0.2) is 0 Å². The van der Waals surface area contributed by atoms with Gasteiger partial charge < -0.3 is 14.8 Å². The lowest BCUT2D eigenvalue weighted by atomic mass is 9.93. The first kappa shape index (κ1) is 17.8. The lowest BCUT2D eigenvalue weighted by Gasteiger charge is -2.23. The molecule has 0 heterocycles. The minimum Gasteiger partial charge on any atom is -0.493 e. The quantitative estimate of drug-likeness (QED) is 0.843. The molecule has 1 aromatic carbocycles. The zero-order valence-electron chi connectivity index (χ0n) is 14.7. The summed E-state index contributed by atoms with van der Waals surface area (Å²) in [5, 5.41) is 3.50. The molecule has 0 amide bonds. The molecule has 0 radical (unpaired) electrons. The van der Waals surface area contributed by atoms with Gasteiger partial charge in [-0.2, -0.15) is 0 Å². The van der Waals surface area contributed by atoms with E-state index in [1.807, 2.05) is 12.1 Å². The molecule has 3 nitrogen and oxygen atoms in total. The highest BCUT2D eigenvalue weighted by Gasteiger charge is 2.16. The van der Waals surface area contributed by atoms with Gasteiger partial charge in [0.1, 0.15) is 0 Å². The predicted molar refractivity (Wildman–Crippen MR) is 89.2 cm³/mol. The van der Waals surface area contributed by atoms with Crippen molar-refractivity contribution in [3.05, 3.63) is 23.8 Å². The van der Waals surface area contributed by atoms with Crippen LogP contribution in [0.1, 0.15) is 53.5 Å². The maximum Gasteiger partial charge on any atom is 0.165 e. The van der Waals surface area contributed by atoms with E-state index in [1.54, 1.807) is 7.11 Å². The van der Waals surface area contributed by atoms with Crippen LogP contribution in [0.3, 0.4) is 0 Å². The number of para-hydroxylation sites is 1. The molecule has 0 saturated carbocycles. The average molecular weight is 293 g/mol. The van der Waals surface area contributed by atoms with Crippen LogP contribution in [0.2, 0.25) is 0 Å². The first-order chi connectivity index (χ1) is 9.62. The van der Waals surface area contributed by atoms with Crippen molar-refractivity contribution < 1.29 is 9.47 Å². The Morgan fingerprint density at radius 1 is 1.05 bits per heavy atom. The molecule has 1 N–H and O–H groups in total. The van der Waals surface area contributed by atoms with Crippen LogP contribution in [-0.4, -0.2) is 19.3 Å². The first-order valence-electron chi connectivity index (χ1n) is 7.66. The van der Waals surface area contributed by atoms with Crippen molar-refractivity contribution >= 4 is 0 Å². The van der Waals surface area contributed by atoms with E-state index in [4.69, 9.17) is 9.47 Å². The van der Waals surface area contributed by atoms with E-state index in [2.05, 4.69) is 52.9 Å². The second kappa shape index (κ2) is 7.17. The molecule has 0 saturated heterocycles. The fraction of sp³-hybridized carbons (Fsp3) is 0.667. The van der Waals surface area contributed by atoms with Gasteiger partial charge in [0.05, 0.1) is 13.7 Å². The van der Waals surface area contributed by atoms with Gasteiger partial charge in [0.15, 0.2) is 11.5 Å². The maximum atomic E-state index is 6.04. The number of nitrogens with one attached hydrogen (secondary N) is 1. The Morgan fingerprint density at radius 2 is 1.71 bits per heavy atom. The Labute approximate surface area is 130 Å². The van der Waals surface area contributed by atoms with Crippen molar-refractivity contribution in [2.75, 3.05) is 13.7 Å². The van der Waals surface area contributed by atoms with Crippen LogP contribution in [0.25, 0.3) is 0 Å². The monoisotopic (exact) mass is 293 g/mol. The van der Waals surface area contributed by atoms with E-state index in [0.717, 1.165) is 30.0 Å². The van der Waals surface area contributed by atoms with Crippen LogP contribution in [0.15, 0.2) is 18.2 Å². The van der Waals surface area contributed by atoms with E-state index >= 15 is 0 Å². The summed E-state index contributed by atoms with van der Waals surface area (Å²) in [5.74, 6) is 1.66. The van der Waals surface area contributed by atoms with Crippen molar-refractivity contribution in [3.63, 3.8) is 0 Å². The normalized spacial score (nSPS) is 12.3. The minimum absolute atomic E-state index is 0.0752. The smallest absolute Gasteiger partial charge is 0.165 e. The van der Waals surface area contributed by atoms with E-state index in [-0.39, 0.29) is 11.0 Å². The largest absolute Gasteiger partial charge is 0.493 e. The Hall–Kier alpha value is -1.22. The number of rotatable bonds is 6. The fourth-order valence-electron chi connectivity index (χ4n) is 1.84. The molecule has 21 heavy (non-hydrogen) atoms. The summed E-state index contributed by atoms with van der Waals surface area (Å²) < 4.78 is 11.5. The molecule has 3 heteroatoms. The van der Waals surface area contributed by atoms with Crippen molar-refractivity contribution in [2.45, 2.75) is 60.0 Å². The topological polar surface area (TPSA) is 30.5 Å². The Kier molecular flexibility index (Phi) is 6.09. The third-order valence-electron chi connectivity index (χ3n) is 3.19. The maximum absolute atomic E-state index is 6.04. The molecule has 1 rings (SSSR count).